The van der Waals surface area contributed by atoms with Gasteiger partial charge in [0, 0.05) is 28.2 Å². The Morgan fingerprint density at radius 1 is 1.09 bits per heavy atom. The highest BCUT2D eigenvalue weighted by molar-refractivity contribution is 6.36. The average molecular weight is 495 g/mol. The molecule has 5 nitrogen and oxygen atoms in total. The maximum absolute atomic E-state index is 14.0. The molecule has 1 fully saturated rings. The fourth-order valence-electron chi connectivity index (χ4n) is 4.10. The largest absolute Gasteiger partial charge is 0.481 e. The van der Waals surface area contributed by atoms with Crippen molar-refractivity contribution < 1.29 is 18.7 Å². The first-order valence-corrected chi connectivity index (χ1v) is 12.1. The van der Waals surface area contributed by atoms with Crippen molar-refractivity contribution in [2.45, 2.75) is 64.1 Å². The SMILES string of the molecule is CC[C@@H](C(=O)NC1CCCCC1)N(Cc1c(Cl)cccc1Cl)C(=O)COc1ccccc1F. The molecule has 1 saturated carbocycles. The minimum absolute atomic E-state index is 0.0266. The van der Waals surface area contributed by atoms with E-state index < -0.39 is 24.4 Å². The maximum Gasteiger partial charge on any atom is 0.261 e. The van der Waals surface area contributed by atoms with Gasteiger partial charge in [-0.15, -0.1) is 0 Å². The molecule has 0 unspecified atom stereocenters. The number of nitrogens with one attached hydrogen (secondary N) is 1. The number of amides is 2. The predicted octanol–water partition coefficient (Wildman–Crippen LogP) is 5.77. The van der Waals surface area contributed by atoms with Gasteiger partial charge in [0.05, 0.1) is 0 Å². The number of hydrogen-bond acceptors (Lipinski definition) is 3. The topological polar surface area (TPSA) is 58.6 Å². The molecule has 3 rings (SSSR count). The van der Waals surface area contributed by atoms with Crippen LogP contribution in [0.25, 0.3) is 0 Å². The molecule has 1 atom stereocenters. The van der Waals surface area contributed by atoms with Crippen LogP contribution in [0.3, 0.4) is 0 Å². The Hall–Kier alpha value is -2.31. The van der Waals surface area contributed by atoms with Crippen molar-refractivity contribution in [3.8, 4) is 5.75 Å². The van der Waals surface area contributed by atoms with E-state index >= 15 is 0 Å². The molecule has 0 spiro atoms. The summed E-state index contributed by atoms with van der Waals surface area (Å²) in [7, 11) is 0. The molecule has 0 aliphatic heterocycles. The minimum atomic E-state index is -0.740. The minimum Gasteiger partial charge on any atom is -0.481 e. The molecule has 0 heterocycles. The van der Waals surface area contributed by atoms with E-state index in [1.54, 1.807) is 30.3 Å². The van der Waals surface area contributed by atoms with Crippen LogP contribution in [0.2, 0.25) is 10.0 Å². The molecule has 2 aromatic rings. The number of hydrogen-bond donors (Lipinski definition) is 1. The van der Waals surface area contributed by atoms with Gasteiger partial charge in [0.15, 0.2) is 18.2 Å². The molecular weight excluding hydrogens is 466 g/mol. The number of halogens is 3. The number of ether oxygens (including phenoxy) is 1. The van der Waals surface area contributed by atoms with Crippen LogP contribution in [0.5, 0.6) is 5.75 Å². The lowest BCUT2D eigenvalue weighted by Crippen LogP contribution is -2.52. The highest BCUT2D eigenvalue weighted by Crippen LogP contribution is 2.27. The summed E-state index contributed by atoms with van der Waals surface area (Å²) in [4.78, 5) is 27.9. The normalized spacial score (nSPS) is 15.0. The summed E-state index contributed by atoms with van der Waals surface area (Å²) < 4.78 is 19.4. The molecule has 1 aliphatic rings. The molecule has 1 aliphatic carbocycles. The van der Waals surface area contributed by atoms with E-state index in [-0.39, 0.29) is 24.2 Å². The van der Waals surface area contributed by atoms with Gasteiger partial charge in [0.1, 0.15) is 6.04 Å². The average Bonchev–Trinajstić information content (AvgIpc) is 2.80. The fourth-order valence-corrected chi connectivity index (χ4v) is 4.62. The van der Waals surface area contributed by atoms with Crippen molar-refractivity contribution in [2.75, 3.05) is 6.61 Å². The lowest BCUT2D eigenvalue weighted by molar-refractivity contribution is -0.143. The quantitative estimate of drug-likeness (QED) is 0.481. The molecule has 8 heteroatoms. The van der Waals surface area contributed by atoms with Gasteiger partial charge in [-0.25, -0.2) is 4.39 Å². The van der Waals surface area contributed by atoms with Gasteiger partial charge in [-0.1, -0.05) is 67.6 Å². The van der Waals surface area contributed by atoms with Crippen molar-refractivity contribution in [1.29, 1.82) is 0 Å². The van der Waals surface area contributed by atoms with E-state index in [1.165, 1.54) is 23.5 Å². The van der Waals surface area contributed by atoms with Gasteiger partial charge in [-0.2, -0.15) is 0 Å². The fraction of sp³-hybridized carbons (Fsp3) is 0.440. The van der Waals surface area contributed by atoms with E-state index in [1.807, 2.05) is 6.92 Å². The Labute approximate surface area is 204 Å². The van der Waals surface area contributed by atoms with Crippen molar-refractivity contribution in [3.63, 3.8) is 0 Å². The highest BCUT2D eigenvalue weighted by atomic mass is 35.5. The summed E-state index contributed by atoms with van der Waals surface area (Å²) in [5, 5.41) is 3.91. The van der Waals surface area contributed by atoms with Crippen molar-refractivity contribution >= 4 is 35.0 Å². The Kier molecular flexibility index (Phi) is 9.39. The van der Waals surface area contributed by atoms with Crippen molar-refractivity contribution in [3.05, 3.63) is 63.9 Å². The molecule has 1 N–H and O–H groups in total. The first-order chi connectivity index (χ1) is 15.9. The Bertz CT molecular complexity index is 946. The van der Waals surface area contributed by atoms with Gasteiger partial charge < -0.3 is 15.0 Å². The lowest BCUT2D eigenvalue weighted by Gasteiger charge is -2.33. The van der Waals surface area contributed by atoms with E-state index in [4.69, 9.17) is 27.9 Å². The molecule has 0 aromatic heterocycles. The van der Waals surface area contributed by atoms with Crippen LogP contribution in [-0.4, -0.2) is 35.4 Å². The third-order valence-corrected chi connectivity index (χ3v) is 6.62. The van der Waals surface area contributed by atoms with Gasteiger partial charge in [0.2, 0.25) is 5.91 Å². The highest BCUT2D eigenvalue weighted by Gasteiger charge is 2.31. The molecule has 178 valence electrons. The zero-order chi connectivity index (χ0) is 23.8. The molecule has 0 radical (unpaired) electrons. The number of carbonyl (C=O) groups is 2. The summed E-state index contributed by atoms with van der Waals surface area (Å²) in [6.07, 6.45) is 5.59. The van der Waals surface area contributed by atoms with Gasteiger partial charge in [-0.05, 0) is 43.5 Å². The van der Waals surface area contributed by atoms with Crippen LogP contribution in [0.1, 0.15) is 51.0 Å². The van der Waals surface area contributed by atoms with Crippen LogP contribution in [0, 0.1) is 5.82 Å². The van der Waals surface area contributed by atoms with Crippen LogP contribution in [0.15, 0.2) is 42.5 Å². The summed E-state index contributed by atoms with van der Waals surface area (Å²) in [6, 6.07) is 10.3. The molecule has 2 aromatic carbocycles. The van der Waals surface area contributed by atoms with Crippen LogP contribution >= 0.6 is 23.2 Å². The first kappa shape index (κ1) is 25.3. The van der Waals surface area contributed by atoms with Crippen LogP contribution in [-0.2, 0) is 16.1 Å². The number of rotatable bonds is 9. The molecular formula is C25H29Cl2FN2O3. The second-order valence-electron chi connectivity index (χ2n) is 8.21. The molecule has 2 amide bonds. The Morgan fingerprint density at radius 3 is 2.39 bits per heavy atom. The first-order valence-electron chi connectivity index (χ1n) is 11.3. The third kappa shape index (κ3) is 6.84. The molecule has 0 bridgehead atoms. The van der Waals surface area contributed by atoms with E-state index in [0.29, 0.717) is 22.0 Å². The monoisotopic (exact) mass is 494 g/mol. The summed E-state index contributed by atoms with van der Waals surface area (Å²) >= 11 is 12.7. The second kappa shape index (κ2) is 12.2. The summed E-state index contributed by atoms with van der Waals surface area (Å²) in [5.41, 5.74) is 0.545. The zero-order valence-corrected chi connectivity index (χ0v) is 20.2. The predicted molar refractivity (Wildman–Crippen MR) is 128 cm³/mol. The van der Waals surface area contributed by atoms with Gasteiger partial charge in [0.25, 0.3) is 5.91 Å². The standard InChI is InChI=1S/C25H29Cl2FN2O3/c1-2-22(25(32)29-17-9-4-3-5-10-17)30(15-18-19(26)11-8-12-20(18)27)24(31)16-33-23-14-7-6-13-21(23)28/h6-8,11-14,17,22H,2-5,9-10,15-16H2,1H3,(H,29,32)/t22-/m0/s1. The lowest BCUT2D eigenvalue weighted by atomic mass is 9.95. The van der Waals surface area contributed by atoms with Crippen LogP contribution < -0.4 is 10.1 Å². The van der Waals surface area contributed by atoms with Gasteiger partial charge in [-0.3, -0.25) is 9.59 Å². The molecule has 33 heavy (non-hydrogen) atoms. The summed E-state index contributed by atoms with van der Waals surface area (Å²) in [5.74, 6) is -1.26. The number of benzene rings is 2. The van der Waals surface area contributed by atoms with E-state index in [0.717, 1.165) is 25.7 Å². The maximum atomic E-state index is 14.0. The van der Waals surface area contributed by atoms with Crippen LogP contribution in [0.4, 0.5) is 4.39 Å². The Balaban J connectivity index is 1.81. The van der Waals surface area contributed by atoms with Crippen molar-refractivity contribution in [2.24, 2.45) is 0 Å². The summed E-state index contributed by atoms with van der Waals surface area (Å²) in [6.45, 7) is 1.46. The number of nitrogens with zero attached hydrogens (tertiary/aromatic N) is 1. The Morgan fingerprint density at radius 2 is 1.76 bits per heavy atom. The second-order valence-corrected chi connectivity index (χ2v) is 9.02. The van der Waals surface area contributed by atoms with Crippen molar-refractivity contribution in [1.82, 2.24) is 10.2 Å². The zero-order valence-electron chi connectivity index (χ0n) is 18.7. The number of carbonyl (C=O) groups excluding carboxylic acids is 2. The molecule has 0 saturated heterocycles. The van der Waals surface area contributed by atoms with Gasteiger partial charge >= 0.3 is 0 Å². The number of para-hydroxylation sites is 1. The smallest absolute Gasteiger partial charge is 0.261 e. The van der Waals surface area contributed by atoms with E-state index in [2.05, 4.69) is 5.32 Å². The van der Waals surface area contributed by atoms with E-state index in [9.17, 15) is 14.0 Å². The third-order valence-electron chi connectivity index (χ3n) is 5.92.